The summed E-state index contributed by atoms with van der Waals surface area (Å²) in [5.74, 6) is -2.71. The fourth-order valence-electron chi connectivity index (χ4n) is 7.75. The first kappa shape index (κ1) is 33.1. The first-order chi connectivity index (χ1) is 20.9. The molecule has 0 spiro atoms. The number of carbonyl (C=O) groups is 1. The highest BCUT2D eigenvalue weighted by atomic mass is 35.5. The van der Waals surface area contributed by atoms with Crippen LogP contribution in [0.25, 0.3) is 0 Å². The highest BCUT2D eigenvalue weighted by Crippen LogP contribution is 2.59. The normalized spacial score (nSPS) is 29.3. The van der Waals surface area contributed by atoms with Crippen LogP contribution in [0.3, 0.4) is 0 Å². The fraction of sp³-hybridized carbons (Fsp3) is 0.576. The molecule has 11 heteroatoms. The number of hydrogen-bond acceptors (Lipinski definition) is 6. The van der Waals surface area contributed by atoms with Crippen LogP contribution in [-0.2, 0) is 25.1 Å². The van der Waals surface area contributed by atoms with Crippen LogP contribution in [0.1, 0.15) is 69.9 Å². The number of rotatable bonds is 9. The molecule has 44 heavy (non-hydrogen) atoms. The largest absolute Gasteiger partial charge is 0.396 e. The molecule has 3 N–H and O–H groups in total. The minimum absolute atomic E-state index is 0.00536. The molecule has 2 aliphatic heterocycles. The lowest BCUT2D eigenvalue weighted by Gasteiger charge is -2.50. The van der Waals surface area contributed by atoms with E-state index in [1.165, 1.54) is 24.3 Å². The summed E-state index contributed by atoms with van der Waals surface area (Å²) in [5, 5.41) is 28.1. The molecule has 2 aromatic carbocycles. The van der Waals surface area contributed by atoms with Crippen LogP contribution in [0.5, 0.6) is 0 Å². The van der Waals surface area contributed by atoms with Gasteiger partial charge in [-0.2, -0.15) is 5.26 Å². The Morgan fingerprint density at radius 3 is 2.55 bits per heavy atom. The Kier molecular flexibility index (Phi) is 9.63. The van der Waals surface area contributed by atoms with Gasteiger partial charge >= 0.3 is 0 Å². The molecule has 1 amide bonds. The summed E-state index contributed by atoms with van der Waals surface area (Å²) in [6.45, 7) is 3.87. The molecule has 3 aliphatic rings. The van der Waals surface area contributed by atoms with Gasteiger partial charge in [0.1, 0.15) is 17.0 Å². The van der Waals surface area contributed by atoms with Gasteiger partial charge in [0.2, 0.25) is 5.91 Å². The van der Waals surface area contributed by atoms with Crippen molar-refractivity contribution in [2.75, 3.05) is 26.3 Å². The van der Waals surface area contributed by atoms with Crippen LogP contribution >= 0.6 is 23.2 Å². The second kappa shape index (κ2) is 12.8. The van der Waals surface area contributed by atoms with E-state index in [0.29, 0.717) is 25.9 Å². The zero-order valence-corrected chi connectivity index (χ0v) is 26.5. The van der Waals surface area contributed by atoms with Crippen LogP contribution in [0.2, 0.25) is 10.0 Å². The first-order valence-electron chi connectivity index (χ1n) is 15.2. The molecular weight excluding hydrogens is 611 g/mol. The van der Waals surface area contributed by atoms with Gasteiger partial charge in [-0.05, 0) is 68.7 Å². The minimum atomic E-state index is -1.78. The zero-order chi connectivity index (χ0) is 31.8. The summed E-state index contributed by atoms with van der Waals surface area (Å²) >= 11 is 12.5. The lowest BCUT2D eigenvalue weighted by atomic mass is 9.50. The predicted octanol–water partition coefficient (Wildman–Crippen LogP) is 5.93. The van der Waals surface area contributed by atoms with Crippen molar-refractivity contribution < 1.29 is 28.2 Å². The zero-order valence-electron chi connectivity index (χ0n) is 25.0. The maximum absolute atomic E-state index is 16.4. The fourth-order valence-corrected chi connectivity index (χ4v) is 8.08. The molecule has 1 saturated carbocycles. The molecule has 0 unspecified atom stereocenters. The van der Waals surface area contributed by atoms with Gasteiger partial charge in [0.25, 0.3) is 0 Å². The molecule has 0 bridgehead atoms. The van der Waals surface area contributed by atoms with Crippen molar-refractivity contribution in [3.63, 3.8) is 0 Å². The van der Waals surface area contributed by atoms with E-state index in [-0.39, 0.29) is 53.4 Å². The Morgan fingerprint density at radius 2 is 1.91 bits per heavy atom. The number of aliphatic hydroxyl groups is 1. The third kappa shape index (κ3) is 5.86. The number of amides is 1. The van der Waals surface area contributed by atoms with E-state index < -0.39 is 45.6 Å². The third-order valence-electron chi connectivity index (χ3n) is 9.84. The second-order valence-corrected chi connectivity index (χ2v) is 13.8. The molecule has 0 aromatic heterocycles. The lowest BCUT2D eigenvalue weighted by Crippen LogP contribution is -2.60. The Hall–Kier alpha value is -2.32. The summed E-state index contributed by atoms with van der Waals surface area (Å²) in [6, 6.07) is 9.72. The van der Waals surface area contributed by atoms with Crippen LogP contribution in [-0.4, -0.2) is 55.2 Å². The Bertz CT molecular complexity index is 1430. The lowest BCUT2D eigenvalue weighted by molar-refractivity contribution is -0.138. The minimum Gasteiger partial charge on any atom is -0.396 e. The number of benzene rings is 2. The summed E-state index contributed by atoms with van der Waals surface area (Å²) in [5.41, 5.74) is -4.18. The molecule has 5 rings (SSSR count). The smallest absolute Gasteiger partial charge is 0.238 e. The van der Waals surface area contributed by atoms with E-state index in [0.717, 1.165) is 25.3 Å². The molecule has 7 nitrogen and oxygen atoms in total. The molecule has 2 heterocycles. The van der Waals surface area contributed by atoms with Crippen molar-refractivity contribution in [2.45, 2.75) is 87.6 Å². The maximum Gasteiger partial charge on any atom is 0.238 e. The van der Waals surface area contributed by atoms with Crippen molar-refractivity contribution in [3.05, 3.63) is 69.2 Å². The highest BCUT2D eigenvalue weighted by molar-refractivity contribution is 6.31. The second-order valence-electron chi connectivity index (χ2n) is 13.0. The standard InChI is InChI=1S/C33H39Cl2F2N3O4/c1-30(2)43-16-22(44-30)11-14-39-29(42)28-33(24-7-6-8-25(35)27(24)37,17-31(20-41)12-4-3-5-13-31)32(18-38,19-40-28)23-10-9-21(34)15-26(23)36/h6-10,15,22,28,40-41H,3-5,11-14,16-17,19-20H2,1-2H3,(H,39,42)/t22-,28-,32+,33-/m0/s1. The Morgan fingerprint density at radius 1 is 1.16 bits per heavy atom. The van der Waals surface area contributed by atoms with Crippen molar-refractivity contribution in [1.29, 1.82) is 5.26 Å². The summed E-state index contributed by atoms with van der Waals surface area (Å²) in [7, 11) is 0. The van der Waals surface area contributed by atoms with Gasteiger partial charge in [0, 0.05) is 35.7 Å². The quantitative estimate of drug-likeness (QED) is 0.311. The van der Waals surface area contributed by atoms with Gasteiger partial charge in [0.05, 0.1) is 29.8 Å². The van der Waals surface area contributed by atoms with Gasteiger partial charge in [-0.25, -0.2) is 8.78 Å². The average Bonchev–Trinajstić information content (AvgIpc) is 3.51. The third-order valence-corrected chi connectivity index (χ3v) is 10.4. The van der Waals surface area contributed by atoms with E-state index in [9.17, 15) is 15.2 Å². The number of ether oxygens (including phenoxy) is 2. The van der Waals surface area contributed by atoms with E-state index in [4.69, 9.17) is 32.7 Å². The SMILES string of the molecule is CC1(C)OC[C@H](CCNC(=O)[C@@H]2NC[C@](C#N)(c3ccc(Cl)cc3F)[C@@]2(CC2(CO)CCCCC2)c2cccc(Cl)c2F)O1. The number of nitrogens with zero attached hydrogens (tertiary/aromatic N) is 1. The van der Waals surface area contributed by atoms with Crippen LogP contribution < -0.4 is 10.6 Å². The molecule has 4 atom stereocenters. The molecule has 1 aliphatic carbocycles. The molecular formula is C33H39Cl2F2N3O4. The van der Waals surface area contributed by atoms with Gasteiger partial charge < -0.3 is 25.2 Å². The maximum atomic E-state index is 16.4. The average molecular weight is 651 g/mol. The number of nitriles is 1. The van der Waals surface area contributed by atoms with Crippen molar-refractivity contribution in [3.8, 4) is 6.07 Å². The van der Waals surface area contributed by atoms with Gasteiger partial charge in [-0.15, -0.1) is 0 Å². The number of nitrogens with one attached hydrogen (secondary N) is 2. The molecule has 238 valence electrons. The summed E-state index contributed by atoms with van der Waals surface area (Å²) < 4.78 is 43.9. The van der Waals surface area contributed by atoms with Crippen molar-refractivity contribution in [1.82, 2.24) is 10.6 Å². The highest BCUT2D eigenvalue weighted by Gasteiger charge is 2.68. The topological polar surface area (TPSA) is 104 Å². The van der Waals surface area contributed by atoms with Crippen molar-refractivity contribution in [2.24, 2.45) is 5.41 Å². The van der Waals surface area contributed by atoms with E-state index in [1.807, 2.05) is 13.8 Å². The first-order valence-corrected chi connectivity index (χ1v) is 15.9. The number of hydrogen-bond donors (Lipinski definition) is 3. The molecule has 3 fully saturated rings. The summed E-state index contributed by atoms with van der Waals surface area (Å²) in [6.07, 6.45) is 4.14. The van der Waals surface area contributed by atoms with E-state index in [2.05, 4.69) is 16.7 Å². The number of halogens is 4. The van der Waals surface area contributed by atoms with Crippen molar-refractivity contribution >= 4 is 29.1 Å². The molecule has 2 aromatic rings. The van der Waals surface area contributed by atoms with E-state index in [1.54, 1.807) is 6.07 Å². The number of carbonyl (C=O) groups excluding carboxylic acids is 1. The molecule has 2 saturated heterocycles. The number of aliphatic hydroxyl groups excluding tert-OH is 1. The monoisotopic (exact) mass is 649 g/mol. The van der Waals surface area contributed by atoms with Crippen LogP contribution in [0.4, 0.5) is 8.78 Å². The Labute approximate surface area is 267 Å². The van der Waals surface area contributed by atoms with Gasteiger partial charge in [0.15, 0.2) is 5.79 Å². The molecule has 0 radical (unpaired) electrons. The van der Waals surface area contributed by atoms with Crippen LogP contribution in [0, 0.1) is 28.4 Å². The van der Waals surface area contributed by atoms with Crippen LogP contribution in [0.15, 0.2) is 36.4 Å². The van der Waals surface area contributed by atoms with Gasteiger partial charge in [-0.3, -0.25) is 4.79 Å². The van der Waals surface area contributed by atoms with E-state index >= 15 is 8.78 Å². The summed E-state index contributed by atoms with van der Waals surface area (Å²) in [4.78, 5) is 14.3. The predicted molar refractivity (Wildman–Crippen MR) is 163 cm³/mol. The Balaban J connectivity index is 1.66. The van der Waals surface area contributed by atoms with Gasteiger partial charge in [-0.1, -0.05) is 60.7 Å².